The molecule has 1 unspecified atom stereocenters. The van der Waals surface area contributed by atoms with Crippen molar-refractivity contribution in [1.29, 1.82) is 0 Å². The summed E-state index contributed by atoms with van der Waals surface area (Å²) in [7, 11) is 1.81. The standard InChI is InChI=1S/C24H25N3O6/c1-25-13-18(17-4-3-16(23(28)29)11-19(17)25)22(24(30)31)27-8-6-26(7-9-27)12-15-2-5-20-21(10-15)33-14-32-20/h2-5,10-11,13,22H,6-9,12,14H2,1H3,(H,28,29)(H,30,31). The van der Waals surface area contributed by atoms with Gasteiger partial charge in [0.05, 0.1) is 5.56 Å². The zero-order valence-corrected chi connectivity index (χ0v) is 18.2. The summed E-state index contributed by atoms with van der Waals surface area (Å²) in [6.07, 6.45) is 1.80. The molecule has 0 aliphatic carbocycles. The number of hydrogen-bond donors (Lipinski definition) is 2. The molecule has 2 aliphatic rings. The van der Waals surface area contributed by atoms with Crippen LogP contribution < -0.4 is 9.47 Å². The highest BCUT2D eigenvalue weighted by molar-refractivity contribution is 5.96. The van der Waals surface area contributed by atoms with Crippen LogP contribution in [0.1, 0.15) is 27.5 Å². The summed E-state index contributed by atoms with van der Waals surface area (Å²) >= 11 is 0. The van der Waals surface area contributed by atoms with E-state index in [1.165, 1.54) is 6.07 Å². The molecule has 0 saturated carbocycles. The Morgan fingerprint density at radius 3 is 2.48 bits per heavy atom. The molecule has 1 saturated heterocycles. The molecular formula is C24H25N3O6. The number of aryl methyl sites for hydroxylation is 1. The first-order chi connectivity index (χ1) is 15.9. The van der Waals surface area contributed by atoms with E-state index in [1.54, 1.807) is 29.9 Å². The molecule has 2 aliphatic heterocycles. The summed E-state index contributed by atoms with van der Waals surface area (Å²) in [5, 5.41) is 20.1. The average Bonchev–Trinajstić information content (AvgIpc) is 3.39. The minimum absolute atomic E-state index is 0.180. The smallest absolute Gasteiger partial charge is 0.335 e. The highest BCUT2D eigenvalue weighted by atomic mass is 16.7. The van der Waals surface area contributed by atoms with Crippen molar-refractivity contribution in [1.82, 2.24) is 14.4 Å². The monoisotopic (exact) mass is 451 g/mol. The molecule has 0 amide bonds. The van der Waals surface area contributed by atoms with Gasteiger partial charge in [-0.05, 0) is 29.8 Å². The van der Waals surface area contributed by atoms with Gasteiger partial charge < -0.3 is 24.3 Å². The number of hydrogen-bond acceptors (Lipinski definition) is 6. The Morgan fingerprint density at radius 2 is 1.76 bits per heavy atom. The normalized spacial score (nSPS) is 17.4. The van der Waals surface area contributed by atoms with Gasteiger partial charge in [-0.3, -0.25) is 14.6 Å². The first kappa shape index (κ1) is 21.3. The van der Waals surface area contributed by atoms with Crippen molar-refractivity contribution in [3.63, 3.8) is 0 Å². The molecule has 2 N–H and O–H groups in total. The van der Waals surface area contributed by atoms with Gasteiger partial charge >= 0.3 is 11.9 Å². The van der Waals surface area contributed by atoms with Crippen LogP contribution >= 0.6 is 0 Å². The number of carboxylic acid groups (broad SMARTS) is 2. The van der Waals surface area contributed by atoms with Gasteiger partial charge in [-0.2, -0.15) is 0 Å². The van der Waals surface area contributed by atoms with Crippen LogP contribution in [0, 0.1) is 0 Å². The minimum atomic E-state index is -1.01. The molecule has 2 aromatic carbocycles. The Balaban J connectivity index is 1.32. The van der Waals surface area contributed by atoms with Gasteiger partial charge in [0.1, 0.15) is 6.04 Å². The van der Waals surface area contributed by atoms with Gasteiger partial charge in [0.25, 0.3) is 0 Å². The van der Waals surface area contributed by atoms with Crippen LogP contribution in [0.3, 0.4) is 0 Å². The summed E-state index contributed by atoms with van der Waals surface area (Å²) in [6, 6.07) is 9.97. The molecule has 5 rings (SSSR count). The zero-order valence-electron chi connectivity index (χ0n) is 18.2. The second-order valence-electron chi connectivity index (χ2n) is 8.47. The topological polar surface area (TPSA) is 104 Å². The van der Waals surface area contributed by atoms with E-state index < -0.39 is 18.0 Å². The van der Waals surface area contributed by atoms with Crippen molar-refractivity contribution in [3.8, 4) is 11.5 Å². The summed E-state index contributed by atoms with van der Waals surface area (Å²) < 4.78 is 12.6. The van der Waals surface area contributed by atoms with Gasteiger partial charge in [0.15, 0.2) is 11.5 Å². The van der Waals surface area contributed by atoms with E-state index in [-0.39, 0.29) is 12.4 Å². The summed E-state index contributed by atoms with van der Waals surface area (Å²) in [5.74, 6) is -0.389. The molecule has 0 bridgehead atoms. The molecule has 0 radical (unpaired) electrons. The lowest BCUT2D eigenvalue weighted by atomic mass is 10.0. The maximum absolute atomic E-state index is 12.3. The fourth-order valence-corrected chi connectivity index (χ4v) is 4.73. The van der Waals surface area contributed by atoms with Crippen LogP contribution in [0.4, 0.5) is 0 Å². The van der Waals surface area contributed by atoms with Crippen molar-refractivity contribution in [2.24, 2.45) is 7.05 Å². The number of ether oxygens (including phenoxy) is 2. The van der Waals surface area contributed by atoms with Gasteiger partial charge in [0.2, 0.25) is 6.79 Å². The summed E-state index contributed by atoms with van der Waals surface area (Å²) in [5.41, 5.74) is 2.70. The number of aromatic carboxylic acids is 1. The van der Waals surface area contributed by atoms with E-state index in [1.807, 2.05) is 23.1 Å². The Hall–Kier alpha value is -3.56. The summed E-state index contributed by atoms with van der Waals surface area (Å²) in [4.78, 5) is 27.9. The Morgan fingerprint density at radius 1 is 1.00 bits per heavy atom. The minimum Gasteiger partial charge on any atom is -0.480 e. The maximum atomic E-state index is 12.3. The molecule has 9 nitrogen and oxygen atoms in total. The Bertz CT molecular complexity index is 1230. The number of benzene rings is 2. The average molecular weight is 451 g/mol. The number of rotatable bonds is 6. The molecule has 3 heterocycles. The maximum Gasteiger partial charge on any atom is 0.335 e. The molecule has 9 heteroatoms. The number of carbonyl (C=O) groups is 2. The van der Waals surface area contributed by atoms with E-state index in [0.29, 0.717) is 24.2 Å². The predicted molar refractivity (Wildman–Crippen MR) is 120 cm³/mol. The van der Waals surface area contributed by atoms with E-state index in [2.05, 4.69) is 4.90 Å². The van der Waals surface area contributed by atoms with Gasteiger partial charge in [-0.1, -0.05) is 12.1 Å². The van der Waals surface area contributed by atoms with Gasteiger partial charge in [0, 0.05) is 62.4 Å². The third kappa shape index (κ3) is 4.01. The lowest BCUT2D eigenvalue weighted by Gasteiger charge is -2.37. The molecule has 33 heavy (non-hydrogen) atoms. The van der Waals surface area contributed by atoms with E-state index in [9.17, 15) is 19.8 Å². The highest BCUT2D eigenvalue weighted by Gasteiger charge is 2.32. The molecule has 1 fully saturated rings. The fourth-order valence-electron chi connectivity index (χ4n) is 4.73. The van der Waals surface area contributed by atoms with Crippen LogP contribution in [0.2, 0.25) is 0 Å². The van der Waals surface area contributed by atoms with Crippen molar-refractivity contribution >= 4 is 22.8 Å². The van der Waals surface area contributed by atoms with Gasteiger partial charge in [-0.25, -0.2) is 4.79 Å². The van der Waals surface area contributed by atoms with Crippen LogP contribution in [-0.2, 0) is 18.4 Å². The SMILES string of the molecule is Cn1cc(C(C(=O)O)N2CCN(Cc3ccc4c(c3)OCO4)CC2)c2ccc(C(=O)O)cc21. The quantitative estimate of drug-likeness (QED) is 0.589. The first-order valence-corrected chi connectivity index (χ1v) is 10.8. The summed E-state index contributed by atoms with van der Waals surface area (Å²) in [6.45, 7) is 3.73. The van der Waals surface area contributed by atoms with Crippen molar-refractivity contribution in [2.45, 2.75) is 12.6 Å². The van der Waals surface area contributed by atoms with E-state index in [4.69, 9.17) is 9.47 Å². The molecule has 3 aromatic rings. The van der Waals surface area contributed by atoms with Crippen molar-refractivity contribution in [3.05, 3.63) is 59.3 Å². The van der Waals surface area contributed by atoms with Crippen LogP contribution in [-0.4, -0.2) is 69.5 Å². The van der Waals surface area contributed by atoms with Gasteiger partial charge in [-0.15, -0.1) is 0 Å². The first-order valence-electron chi connectivity index (χ1n) is 10.8. The van der Waals surface area contributed by atoms with Crippen molar-refractivity contribution in [2.75, 3.05) is 33.0 Å². The number of aromatic nitrogens is 1. The van der Waals surface area contributed by atoms with Crippen LogP contribution in [0.25, 0.3) is 10.9 Å². The van der Waals surface area contributed by atoms with Crippen LogP contribution in [0.5, 0.6) is 11.5 Å². The second-order valence-corrected chi connectivity index (χ2v) is 8.47. The number of piperazine rings is 1. The number of carboxylic acids is 2. The second kappa shape index (κ2) is 8.42. The fraction of sp³-hybridized carbons (Fsp3) is 0.333. The Labute approximate surface area is 190 Å². The lowest BCUT2D eigenvalue weighted by Crippen LogP contribution is -2.48. The molecule has 1 aromatic heterocycles. The third-order valence-corrected chi connectivity index (χ3v) is 6.41. The molecule has 172 valence electrons. The zero-order chi connectivity index (χ0) is 23.1. The molecular weight excluding hydrogens is 426 g/mol. The van der Waals surface area contributed by atoms with E-state index >= 15 is 0 Å². The molecule has 0 spiro atoms. The molecule has 1 atom stereocenters. The number of nitrogens with zero attached hydrogens (tertiary/aromatic N) is 3. The number of aliphatic carboxylic acids is 1. The Kier molecular flexibility index (Phi) is 5.43. The van der Waals surface area contributed by atoms with E-state index in [0.717, 1.165) is 42.1 Å². The number of fused-ring (bicyclic) bond motifs is 2. The highest BCUT2D eigenvalue weighted by Crippen LogP contribution is 2.34. The predicted octanol–water partition coefficient (Wildman–Crippen LogP) is 2.55. The largest absolute Gasteiger partial charge is 0.480 e. The lowest BCUT2D eigenvalue weighted by molar-refractivity contribution is -0.144. The van der Waals surface area contributed by atoms with Crippen LogP contribution in [0.15, 0.2) is 42.6 Å². The third-order valence-electron chi connectivity index (χ3n) is 6.41. The van der Waals surface area contributed by atoms with Crippen molar-refractivity contribution < 1.29 is 29.3 Å².